The van der Waals surface area contributed by atoms with Crippen LogP contribution in [0.25, 0.3) is 0 Å². The Morgan fingerprint density at radius 1 is 1.45 bits per heavy atom. The molecule has 1 fully saturated rings. The highest BCUT2D eigenvalue weighted by Gasteiger charge is 2.24. The van der Waals surface area contributed by atoms with Gasteiger partial charge in [-0.05, 0) is 39.0 Å². The minimum absolute atomic E-state index is 0.187. The molecule has 0 spiro atoms. The van der Waals surface area contributed by atoms with Crippen LogP contribution in [0.5, 0.6) is 0 Å². The van der Waals surface area contributed by atoms with Gasteiger partial charge in [0, 0.05) is 38.0 Å². The number of aliphatic hydroxyl groups excluding tert-OH is 1. The average Bonchev–Trinajstić information content (AvgIpc) is 2.66. The maximum Gasteiger partial charge on any atom is 0.227 e. The number of likely N-dealkylation sites (tertiary alicyclic amines) is 1. The van der Waals surface area contributed by atoms with E-state index in [4.69, 9.17) is 5.11 Å². The van der Waals surface area contributed by atoms with Crippen LogP contribution in [-0.4, -0.2) is 45.4 Å². The second kappa shape index (κ2) is 6.39. The van der Waals surface area contributed by atoms with Crippen molar-refractivity contribution in [1.29, 1.82) is 0 Å². The number of rotatable bonds is 4. The zero-order valence-electron chi connectivity index (χ0n) is 12.7. The van der Waals surface area contributed by atoms with Crippen molar-refractivity contribution < 1.29 is 9.90 Å². The van der Waals surface area contributed by atoms with Crippen LogP contribution in [0.4, 0.5) is 0 Å². The van der Waals surface area contributed by atoms with Gasteiger partial charge in [0.15, 0.2) is 0 Å². The van der Waals surface area contributed by atoms with Crippen molar-refractivity contribution in [2.24, 2.45) is 13.0 Å². The third-order valence-corrected chi connectivity index (χ3v) is 4.40. The molecule has 0 bridgehead atoms. The van der Waals surface area contributed by atoms with Gasteiger partial charge < -0.3 is 10.0 Å². The number of aryl methyl sites for hydroxylation is 2. The Labute approximate surface area is 120 Å². The zero-order chi connectivity index (χ0) is 14.7. The Balaban J connectivity index is 2.01. The van der Waals surface area contributed by atoms with Gasteiger partial charge in [-0.1, -0.05) is 0 Å². The van der Waals surface area contributed by atoms with Gasteiger partial charge in [-0.3, -0.25) is 9.48 Å². The van der Waals surface area contributed by atoms with Gasteiger partial charge in [0.05, 0.1) is 12.1 Å². The maximum absolute atomic E-state index is 12.5. The van der Waals surface area contributed by atoms with E-state index in [-0.39, 0.29) is 12.5 Å². The lowest BCUT2D eigenvalue weighted by molar-refractivity contribution is -0.132. The first-order chi connectivity index (χ1) is 9.52. The number of hydrogen-bond acceptors (Lipinski definition) is 3. The predicted molar refractivity (Wildman–Crippen MR) is 77.4 cm³/mol. The largest absolute Gasteiger partial charge is 0.396 e. The third kappa shape index (κ3) is 3.20. The van der Waals surface area contributed by atoms with E-state index in [9.17, 15) is 4.79 Å². The van der Waals surface area contributed by atoms with Crippen LogP contribution in [-0.2, 0) is 18.3 Å². The Kier molecular flexibility index (Phi) is 4.81. The van der Waals surface area contributed by atoms with Gasteiger partial charge in [-0.2, -0.15) is 5.10 Å². The highest BCUT2D eigenvalue weighted by atomic mass is 16.3. The van der Waals surface area contributed by atoms with Gasteiger partial charge in [0.2, 0.25) is 5.91 Å². The second-order valence-electron chi connectivity index (χ2n) is 5.81. The fourth-order valence-electron chi connectivity index (χ4n) is 3.05. The molecule has 0 aromatic carbocycles. The minimum Gasteiger partial charge on any atom is -0.396 e. The van der Waals surface area contributed by atoms with E-state index in [1.54, 1.807) is 0 Å². The molecule has 2 rings (SSSR count). The van der Waals surface area contributed by atoms with Crippen molar-refractivity contribution in [3.05, 3.63) is 17.0 Å². The first kappa shape index (κ1) is 15.0. The van der Waals surface area contributed by atoms with Gasteiger partial charge in [0.25, 0.3) is 0 Å². The topological polar surface area (TPSA) is 58.4 Å². The van der Waals surface area contributed by atoms with E-state index < -0.39 is 0 Å². The van der Waals surface area contributed by atoms with Crippen molar-refractivity contribution >= 4 is 5.91 Å². The number of aliphatic hydroxyl groups is 1. The summed E-state index contributed by atoms with van der Waals surface area (Å²) in [6.07, 6.45) is 3.41. The molecule has 20 heavy (non-hydrogen) atoms. The summed E-state index contributed by atoms with van der Waals surface area (Å²) in [7, 11) is 1.91. The molecule has 5 heteroatoms. The first-order valence-electron chi connectivity index (χ1n) is 7.40. The van der Waals surface area contributed by atoms with Gasteiger partial charge in [0.1, 0.15) is 0 Å². The molecule has 0 aliphatic carbocycles. The number of amides is 1. The highest BCUT2D eigenvalue weighted by Crippen LogP contribution is 2.21. The van der Waals surface area contributed by atoms with Crippen molar-refractivity contribution in [1.82, 2.24) is 14.7 Å². The van der Waals surface area contributed by atoms with E-state index >= 15 is 0 Å². The van der Waals surface area contributed by atoms with Crippen molar-refractivity contribution in [2.75, 3.05) is 19.7 Å². The normalized spacial score (nSPS) is 19.4. The molecule has 1 N–H and O–H groups in total. The zero-order valence-corrected chi connectivity index (χ0v) is 12.7. The van der Waals surface area contributed by atoms with Crippen LogP contribution in [0.15, 0.2) is 0 Å². The molecule has 0 radical (unpaired) electrons. The van der Waals surface area contributed by atoms with E-state index in [0.717, 1.165) is 49.3 Å². The number of carbonyl (C=O) groups is 1. The second-order valence-corrected chi connectivity index (χ2v) is 5.81. The Bertz CT molecular complexity index is 480. The summed E-state index contributed by atoms with van der Waals surface area (Å²) in [6.45, 7) is 5.82. The minimum atomic E-state index is 0.187. The van der Waals surface area contributed by atoms with Crippen LogP contribution in [0.2, 0.25) is 0 Å². The quantitative estimate of drug-likeness (QED) is 0.901. The first-order valence-corrected chi connectivity index (χ1v) is 7.40. The molecule has 0 saturated carbocycles. The molecule has 1 amide bonds. The molecule has 5 nitrogen and oxygen atoms in total. The Morgan fingerprint density at radius 3 is 2.80 bits per heavy atom. The maximum atomic E-state index is 12.5. The van der Waals surface area contributed by atoms with Gasteiger partial charge in [-0.15, -0.1) is 0 Å². The van der Waals surface area contributed by atoms with Crippen LogP contribution >= 0.6 is 0 Å². The van der Waals surface area contributed by atoms with E-state index in [2.05, 4.69) is 5.10 Å². The lowest BCUT2D eigenvalue weighted by atomic mass is 9.94. The number of piperidine rings is 1. The standard InChI is InChI=1S/C15H25N3O2/c1-11-14(12(2)17(3)16-11)9-15(20)18-7-4-5-13(10-18)6-8-19/h13,19H,4-10H2,1-3H3. The summed E-state index contributed by atoms with van der Waals surface area (Å²) < 4.78 is 1.84. The average molecular weight is 279 g/mol. The molecular formula is C15H25N3O2. The van der Waals surface area contributed by atoms with Crippen LogP contribution < -0.4 is 0 Å². The lowest BCUT2D eigenvalue weighted by Gasteiger charge is -2.32. The molecule has 1 unspecified atom stereocenters. The van der Waals surface area contributed by atoms with E-state index in [0.29, 0.717) is 12.3 Å². The third-order valence-electron chi connectivity index (χ3n) is 4.40. The van der Waals surface area contributed by atoms with E-state index in [1.807, 2.05) is 30.5 Å². The molecule has 112 valence electrons. The monoisotopic (exact) mass is 279 g/mol. The predicted octanol–water partition coefficient (Wildman–Crippen LogP) is 1.20. The SMILES string of the molecule is Cc1nn(C)c(C)c1CC(=O)N1CCCC(CCO)C1. The summed E-state index contributed by atoms with van der Waals surface area (Å²) in [5.74, 6) is 0.639. The van der Waals surface area contributed by atoms with Crippen LogP contribution in [0.3, 0.4) is 0 Å². The van der Waals surface area contributed by atoms with Gasteiger partial charge in [-0.25, -0.2) is 0 Å². The highest BCUT2D eigenvalue weighted by molar-refractivity contribution is 5.79. The van der Waals surface area contributed by atoms with E-state index in [1.165, 1.54) is 0 Å². The fraction of sp³-hybridized carbons (Fsp3) is 0.733. The molecular weight excluding hydrogens is 254 g/mol. The molecule has 1 saturated heterocycles. The molecule has 1 aliphatic rings. The van der Waals surface area contributed by atoms with Gasteiger partial charge >= 0.3 is 0 Å². The Morgan fingerprint density at radius 2 is 2.20 bits per heavy atom. The number of aromatic nitrogens is 2. The summed E-state index contributed by atoms with van der Waals surface area (Å²) in [4.78, 5) is 14.4. The number of carbonyl (C=O) groups excluding carboxylic acids is 1. The molecule has 1 atom stereocenters. The lowest BCUT2D eigenvalue weighted by Crippen LogP contribution is -2.41. The summed E-state index contributed by atoms with van der Waals surface area (Å²) in [5.41, 5.74) is 3.07. The molecule has 1 aliphatic heterocycles. The molecule has 2 heterocycles. The number of nitrogens with zero attached hydrogens (tertiary/aromatic N) is 3. The fourth-order valence-corrected chi connectivity index (χ4v) is 3.05. The van der Waals surface area contributed by atoms with Crippen molar-refractivity contribution in [2.45, 2.75) is 39.5 Å². The van der Waals surface area contributed by atoms with Crippen molar-refractivity contribution in [3.8, 4) is 0 Å². The summed E-state index contributed by atoms with van der Waals surface area (Å²) >= 11 is 0. The molecule has 1 aromatic heterocycles. The summed E-state index contributed by atoms with van der Waals surface area (Å²) in [6, 6.07) is 0. The smallest absolute Gasteiger partial charge is 0.227 e. The van der Waals surface area contributed by atoms with Crippen LogP contribution in [0, 0.1) is 19.8 Å². The Hall–Kier alpha value is -1.36. The number of hydrogen-bond donors (Lipinski definition) is 1. The molecule has 1 aromatic rings. The van der Waals surface area contributed by atoms with Crippen molar-refractivity contribution in [3.63, 3.8) is 0 Å². The van der Waals surface area contributed by atoms with Crippen LogP contribution in [0.1, 0.15) is 36.2 Å². The summed E-state index contributed by atoms with van der Waals surface area (Å²) in [5, 5.41) is 13.4.